The van der Waals surface area contributed by atoms with Crippen molar-refractivity contribution in [3.8, 4) is 0 Å². The van der Waals surface area contributed by atoms with E-state index in [-0.39, 0.29) is 0 Å². The highest BCUT2D eigenvalue weighted by Gasteiger charge is 2.31. The highest BCUT2D eigenvalue weighted by molar-refractivity contribution is 5.47. The molecule has 30 heavy (non-hydrogen) atoms. The molecule has 0 spiro atoms. The second-order valence-corrected chi connectivity index (χ2v) is 11.5. The van der Waals surface area contributed by atoms with Crippen molar-refractivity contribution in [1.29, 1.82) is 0 Å². The first-order chi connectivity index (χ1) is 14.9. The molecule has 0 unspecified atom stereocenters. The highest BCUT2D eigenvalue weighted by Crippen LogP contribution is 2.48. The van der Waals surface area contributed by atoms with Crippen LogP contribution < -0.4 is 0 Å². The van der Waals surface area contributed by atoms with Crippen LogP contribution in [-0.2, 0) is 0 Å². The molecule has 4 aliphatic carbocycles. The average molecular weight is 407 g/mol. The summed E-state index contributed by atoms with van der Waals surface area (Å²) in [7, 11) is 0. The summed E-state index contributed by atoms with van der Waals surface area (Å²) in [6.07, 6.45) is 29.4. The van der Waals surface area contributed by atoms with Gasteiger partial charge in [-0.2, -0.15) is 0 Å². The Bertz CT molecular complexity index is 622. The van der Waals surface area contributed by atoms with Crippen LogP contribution in [0.15, 0.2) is 12.1 Å². The van der Waals surface area contributed by atoms with Gasteiger partial charge in [-0.05, 0) is 97.3 Å². The van der Waals surface area contributed by atoms with Gasteiger partial charge >= 0.3 is 0 Å². The second kappa shape index (κ2) is 10.2. The summed E-state index contributed by atoms with van der Waals surface area (Å²) < 4.78 is 0. The molecule has 5 rings (SSSR count). The molecule has 0 aliphatic heterocycles. The summed E-state index contributed by atoms with van der Waals surface area (Å²) in [4.78, 5) is 0. The van der Waals surface area contributed by atoms with Crippen LogP contribution in [0.5, 0.6) is 0 Å². The van der Waals surface area contributed by atoms with E-state index >= 15 is 0 Å². The molecule has 0 heterocycles. The van der Waals surface area contributed by atoms with Crippen LogP contribution in [0.3, 0.4) is 0 Å². The first-order valence-corrected chi connectivity index (χ1v) is 14.1. The molecule has 1 aromatic carbocycles. The number of hydrogen-bond acceptors (Lipinski definition) is 0. The number of hydrogen-bond donors (Lipinski definition) is 0. The maximum atomic E-state index is 2.81. The van der Waals surface area contributed by atoms with Gasteiger partial charge in [-0.1, -0.05) is 89.2 Å². The molecule has 166 valence electrons. The number of benzene rings is 1. The summed E-state index contributed by atoms with van der Waals surface area (Å²) in [6.45, 7) is 0. The Hall–Kier alpha value is -0.780. The van der Waals surface area contributed by atoms with E-state index in [4.69, 9.17) is 0 Å². The first-order valence-electron chi connectivity index (χ1n) is 14.1. The molecule has 0 aromatic heterocycles. The fourth-order valence-electron chi connectivity index (χ4n) is 7.76. The van der Waals surface area contributed by atoms with Crippen LogP contribution in [0.1, 0.15) is 174 Å². The van der Waals surface area contributed by atoms with Crippen molar-refractivity contribution in [1.82, 2.24) is 0 Å². The SMILES string of the molecule is c1c(C2CCCCC2)cc(C2CCCCC2)c(C2CCCCC2)c1C1CCCCC1. The predicted octanol–water partition coefficient (Wildman–Crippen LogP) is 9.88. The zero-order chi connectivity index (χ0) is 20.2. The lowest BCUT2D eigenvalue weighted by atomic mass is 9.69. The van der Waals surface area contributed by atoms with Crippen LogP contribution in [0.25, 0.3) is 0 Å². The van der Waals surface area contributed by atoms with E-state index in [1.54, 1.807) is 5.56 Å². The Morgan fingerprint density at radius 3 is 1.10 bits per heavy atom. The third-order valence-corrected chi connectivity index (χ3v) is 9.45. The fourth-order valence-corrected chi connectivity index (χ4v) is 7.76. The molecular formula is C30H46. The van der Waals surface area contributed by atoms with Gasteiger partial charge in [0.15, 0.2) is 0 Å². The van der Waals surface area contributed by atoms with Gasteiger partial charge in [0.05, 0.1) is 0 Å². The third-order valence-electron chi connectivity index (χ3n) is 9.45. The molecule has 0 bridgehead atoms. The monoisotopic (exact) mass is 406 g/mol. The smallest absolute Gasteiger partial charge is 0.0156 e. The Balaban J connectivity index is 1.59. The Kier molecular flexibility index (Phi) is 7.19. The van der Waals surface area contributed by atoms with E-state index < -0.39 is 0 Å². The summed E-state index contributed by atoms with van der Waals surface area (Å²) >= 11 is 0. The van der Waals surface area contributed by atoms with Gasteiger partial charge in [0.2, 0.25) is 0 Å². The molecule has 0 N–H and O–H groups in total. The van der Waals surface area contributed by atoms with Crippen molar-refractivity contribution in [2.45, 2.75) is 152 Å². The van der Waals surface area contributed by atoms with E-state index in [0.717, 1.165) is 23.7 Å². The summed E-state index contributed by atoms with van der Waals surface area (Å²) in [5.41, 5.74) is 7.46. The van der Waals surface area contributed by atoms with Crippen molar-refractivity contribution in [3.63, 3.8) is 0 Å². The molecule has 0 amide bonds. The van der Waals surface area contributed by atoms with Crippen LogP contribution >= 0.6 is 0 Å². The summed E-state index contributed by atoms with van der Waals surface area (Å²) in [6, 6.07) is 5.62. The van der Waals surface area contributed by atoms with E-state index in [1.807, 2.05) is 16.7 Å². The third kappa shape index (κ3) is 4.68. The van der Waals surface area contributed by atoms with Crippen LogP contribution in [0, 0.1) is 0 Å². The van der Waals surface area contributed by atoms with Gasteiger partial charge in [-0.15, -0.1) is 0 Å². The second-order valence-electron chi connectivity index (χ2n) is 11.5. The fraction of sp³-hybridized carbons (Fsp3) is 0.800. The minimum absolute atomic E-state index is 0.865. The molecule has 0 radical (unpaired) electrons. The Labute approximate surface area is 186 Å². The van der Waals surface area contributed by atoms with E-state index in [1.165, 1.54) is 128 Å². The van der Waals surface area contributed by atoms with Crippen molar-refractivity contribution >= 4 is 0 Å². The summed E-state index contributed by atoms with van der Waals surface area (Å²) in [5, 5.41) is 0. The van der Waals surface area contributed by atoms with Gasteiger partial charge in [0, 0.05) is 0 Å². The van der Waals surface area contributed by atoms with Crippen LogP contribution in [0.4, 0.5) is 0 Å². The molecule has 0 atom stereocenters. The first kappa shape index (κ1) is 21.1. The zero-order valence-corrected chi connectivity index (χ0v) is 19.6. The van der Waals surface area contributed by atoms with Gasteiger partial charge in [0.25, 0.3) is 0 Å². The van der Waals surface area contributed by atoms with Crippen molar-refractivity contribution in [3.05, 3.63) is 34.4 Å². The Morgan fingerprint density at radius 2 is 0.700 bits per heavy atom. The van der Waals surface area contributed by atoms with Crippen molar-refractivity contribution in [2.24, 2.45) is 0 Å². The number of rotatable bonds is 4. The maximum absolute atomic E-state index is 2.81. The van der Waals surface area contributed by atoms with Crippen LogP contribution in [-0.4, -0.2) is 0 Å². The minimum Gasteiger partial charge on any atom is -0.0550 e. The van der Waals surface area contributed by atoms with E-state index in [9.17, 15) is 0 Å². The van der Waals surface area contributed by atoms with Crippen LogP contribution in [0.2, 0.25) is 0 Å². The zero-order valence-electron chi connectivity index (χ0n) is 19.6. The molecule has 0 saturated heterocycles. The van der Waals surface area contributed by atoms with Crippen molar-refractivity contribution in [2.75, 3.05) is 0 Å². The lowest BCUT2D eigenvalue weighted by Gasteiger charge is -2.36. The molecule has 4 aliphatic rings. The van der Waals surface area contributed by atoms with E-state index in [2.05, 4.69) is 12.1 Å². The maximum Gasteiger partial charge on any atom is -0.0156 e. The van der Waals surface area contributed by atoms with Crippen molar-refractivity contribution < 1.29 is 0 Å². The lowest BCUT2D eigenvalue weighted by molar-refractivity contribution is 0.401. The predicted molar refractivity (Wildman–Crippen MR) is 130 cm³/mol. The highest BCUT2D eigenvalue weighted by atomic mass is 14.4. The minimum atomic E-state index is 0.865. The van der Waals surface area contributed by atoms with Gasteiger partial charge in [-0.25, -0.2) is 0 Å². The lowest BCUT2D eigenvalue weighted by Crippen LogP contribution is -2.19. The topological polar surface area (TPSA) is 0 Å². The average Bonchev–Trinajstić information content (AvgIpc) is 2.85. The van der Waals surface area contributed by atoms with Gasteiger partial charge < -0.3 is 0 Å². The Morgan fingerprint density at radius 1 is 0.367 bits per heavy atom. The van der Waals surface area contributed by atoms with Gasteiger partial charge in [-0.3, -0.25) is 0 Å². The summed E-state index contributed by atoms with van der Waals surface area (Å²) in [5.74, 6) is 3.50. The van der Waals surface area contributed by atoms with Gasteiger partial charge in [0.1, 0.15) is 0 Å². The van der Waals surface area contributed by atoms with E-state index in [0.29, 0.717) is 0 Å². The molecular weight excluding hydrogens is 360 g/mol. The molecule has 0 nitrogen and oxygen atoms in total. The normalized spacial score (nSPS) is 26.1. The quantitative estimate of drug-likeness (QED) is 0.466. The molecule has 1 aromatic rings. The largest absolute Gasteiger partial charge is 0.0550 e. The molecule has 0 heteroatoms. The molecule has 4 fully saturated rings. The molecule has 4 saturated carbocycles. The standard InChI is InChI=1S/C30H46/c1-5-13-23(14-6-1)27-21-28(24-15-7-2-8-16-24)30(26-19-11-4-12-20-26)29(22-27)25-17-9-3-10-18-25/h21-26H,1-20H2.